The molecule has 0 aliphatic heterocycles. The summed E-state index contributed by atoms with van der Waals surface area (Å²) >= 11 is 1.28. The van der Waals surface area contributed by atoms with E-state index in [2.05, 4.69) is 5.32 Å². The Bertz CT molecular complexity index is 464. The van der Waals surface area contributed by atoms with Gasteiger partial charge in [-0.15, -0.1) is 11.8 Å². The van der Waals surface area contributed by atoms with Crippen molar-refractivity contribution < 1.29 is 19.5 Å². The molecule has 7 heteroatoms. The van der Waals surface area contributed by atoms with Gasteiger partial charge in [0.1, 0.15) is 6.04 Å². The molecule has 0 aliphatic carbocycles. The summed E-state index contributed by atoms with van der Waals surface area (Å²) in [5.74, 6) is -2.44. The molecule has 19 heavy (non-hydrogen) atoms. The Kier molecular flexibility index (Phi) is 5.87. The second kappa shape index (κ2) is 7.42. The topological polar surface area (TPSA) is 109 Å². The summed E-state index contributed by atoms with van der Waals surface area (Å²) in [6.45, 7) is 0. The molecule has 102 valence electrons. The molecule has 0 unspecified atom stereocenters. The standard InChI is InChI=1S/C12H14N2O4S/c13-10(15)6-9(12(17)18)14-11(16)7-19-8-4-2-1-3-5-8/h1-5,9H,6-7H2,(H2,13,15)(H,14,16)(H,17,18)/t9-/m1/s1. The first-order valence-corrected chi connectivity index (χ1v) is 6.46. The number of aliphatic carboxylic acids is 1. The number of thioether (sulfide) groups is 1. The van der Waals surface area contributed by atoms with E-state index >= 15 is 0 Å². The van der Waals surface area contributed by atoms with Gasteiger partial charge in [-0.25, -0.2) is 4.79 Å². The van der Waals surface area contributed by atoms with Crippen molar-refractivity contribution in [1.82, 2.24) is 5.32 Å². The highest BCUT2D eigenvalue weighted by Gasteiger charge is 2.21. The first-order valence-electron chi connectivity index (χ1n) is 5.47. The van der Waals surface area contributed by atoms with Gasteiger partial charge in [0.2, 0.25) is 11.8 Å². The van der Waals surface area contributed by atoms with E-state index in [-0.39, 0.29) is 5.75 Å². The molecule has 0 aliphatic rings. The number of amides is 2. The van der Waals surface area contributed by atoms with E-state index in [1.807, 2.05) is 30.3 Å². The zero-order chi connectivity index (χ0) is 14.3. The van der Waals surface area contributed by atoms with Crippen LogP contribution in [0.2, 0.25) is 0 Å². The Hall–Kier alpha value is -2.02. The summed E-state index contributed by atoms with van der Waals surface area (Å²) in [6.07, 6.45) is -0.420. The Labute approximate surface area is 114 Å². The number of hydrogen-bond acceptors (Lipinski definition) is 4. The van der Waals surface area contributed by atoms with Gasteiger partial charge in [-0.2, -0.15) is 0 Å². The highest BCUT2D eigenvalue weighted by atomic mass is 32.2. The van der Waals surface area contributed by atoms with Crippen LogP contribution in [0.1, 0.15) is 6.42 Å². The molecule has 1 atom stereocenters. The quantitative estimate of drug-likeness (QED) is 0.620. The fraction of sp³-hybridized carbons (Fsp3) is 0.250. The monoisotopic (exact) mass is 282 g/mol. The highest BCUT2D eigenvalue weighted by Crippen LogP contribution is 2.16. The van der Waals surface area contributed by atoms with Crippen LogP contribution in [0.5, 0.6) is 0 Å². The van der Waals surface area contributed by atoms with Crippen LogP contribution in [0.3, 0.4) is 0 Å². The SMILES string of the molecule is NC(=O)C[C@@H](NC(=O)CSc1ccccc1)C(=O)O. The average molecular weight is 282 g/mol. The maximum absolute atomic E-state index is 11.6. The van der Waals surface area contributed by atoms with Gasteiger partial charge in [0.25, 0.3) is 0 Å². The van der Waals surface area contributed by atoms with Gasteiger partial charge in [0.15, 0.2) is 0 Å². The van der Waals surface area contributed by atoms with Crippen LogP contribution in [-0.4, -0.2) is 34.7 Å². The van der Waals surface area contributed by atoms with Gasteiger partial charge in [0, 0.05) is 4.90 Å². The molecule has 0 saturated heterocycles. The van der Waals surface area contributed by atoms with Crippen LogP contribution < -0.4 is 11.1 Å². The number of carboxylic acids is 1. The zero-order valence-corrected chi connectivity index (χ0v) is 10.9. The smallest absolute Gasteiger partial charge is 0.326 e. The predicted octanol–water partition coefficient (Wildman–Crippen LogP) is 0.223. The van der Waals surface area contributed by atoms with Crippen LogP contribution >= 0.6 is 11.8 Å². The summed E-state index contributed by atoms with van der Waals surface area (Å²) in [6, 6.07) is 7.95. The summed E-state index contributed by atoms with van der Waals surface area (Å²) in [5, 5.41) is 11.1. The fourth-order valence-corrected chi connectivity index (χ4v) is 2.03. The first-order chi connectivity index (χ1) is 8.99. The fourth-order valence-electron chi connectivity index (χ4n) is 1.30. The lowest BCUT2D eigenvalue weighted by Crippen LogP contribution is -2.44. The third-order valence-corrected chi connectivity index (χ3v) is 3.16. The average Bonchev–Trinajstić information content (AvgIpc) is 2.36. The molecule has 0 heterocycles. The molecule has 1 aromatic rings. The number of carbonyl (C=O) groups is 3. The third-order valence-electron chi connectivity index (χ3n) is 2.15. The number of rotatable bonds is 7. The molecular weight excluding hydrogens is 268 g/mol. The van der Waals surface area contributed by atoms with Gasteiger partial charge < -0.3 is 16.2 Å². The van der Waals surface area contributed by atoms with Gasteiger partial charge in [-0.3, -0.25) is 9.59 Å². The van der Waals surface area contributed by atoms with Crippen molar-refractivity contribution in [2.45, 2.75) is 17.4 Å². The normalized spacial score (nSPS) is 11.6. The molecule has 2 amide bonds. The van der Waals surface area contributed by atoms with Crippen molar-refractivity contribution >= 4 is 29.5 Å². The van der Waals surface area contributed by atoms with Crippen LogP contribution in [0, 0.1) is 0 Å². The van der Waals surface area contributed by atoms with Gasteiger partial charge in [0.05, 0.1) is 12.2 Å². The van der Waals surface area contributed by atoms with E-state index < -0.39 is 30.2 Å². The van der Waals surface area contributed by atoms with E-state index in [0.717, 1.165) is 4.90 Å². The lowest BCUT2D eigenvalue weighted by atomic mass is 10.2. The molecule has 1 rings (SSSR count). The molecule has 6 nitrogen and oxygen atoms in total. The Morgan fingerprint density at radius 2 is 1.89 bits per heavy atom. The van der Waals surface area contributed by atoms with Crippen molar-refractivity contribution in [3.8, 4) is 0 Å². The van der Waals surface area contributed by atoms with Crippen LogP contribution in [0.25, 0.3) is 0 Å². The molecule has 0 radical (unpaired) electrons. The summed E-state index contributed by atoms with van der Waals surface area (Å²) in [7, 11) is 0. The van der Waals surface area contributed by atoms with Crippen LogP contribution in [-0.2, 0) is 14.4 Å². The van der Waals surface area contributed by atoms with E-state index in [1.165, 1.54) is 11.8 Å². The Morgan fingerprint density at radius 1 is 1.26 bits per heavy atom. The number of nitrogens with two attached hydrogens (primary N) is 1. The zero-order valence-electron chi connectivity index (χ0n) is 10.0. The first kappa shape index (κ1) is 15.0. The molecular formula is C12H14N2O4S. The molecule has 0 saturated carbocycles. The van der Waals surface area contributed by atoms with Crippen molar-refractivity contribution in [2.75, 3.05) is 5.75 Å². The Balaban J connectivity index is 2.45. The highest BCUT2D eigenvalue weighted by molar-refractivity contribution is 8.00. The maximum atomic E-state index is 11.6. The second-order valence-electron chi connectivity index (χ2n) is 3.73. The summed E-state index contributed by atoms with van der Waals surface area (Å²) in [5.41, 5.74) is 4.91. The molecule has 0 spiro atoms. The number of hydrogen-bond donors (Lipinski definition) is 3. The number of carboxylic acid groups (broad SMARTS) is 1. The lowest BCUT2D eigenvalue weighted by molar-refractivity contribution is -0.143. The summed E-state index contributed by atoms with van der Waals surface area (Å²) < 4.78 is 0. The molecule has 1 aromatic carbocycles. The number of primary amides is 1. The van der Waals surface area contributed by atoms with E-state index in [0.29, 0.717) is 0 Å². The lowest BCUT2D eigenvalue weighted by Gasteiger charge is -2.12. The van der Waals surface area contributed by atoms with Crippen molar-refractivity contribution in [2.24, 2.45) is 5.73 Å². The molecule has 0 fully saturated rings. The van der Waals surface area contributed by atoms with Gasteiger partial charge in [-0.05, 0) is 12.1 Å². The van der Waals surface area contributed by atoms with Gasteiger partial charge >= 0.3 is 5.97 Å². The number of carbonyl (C=O) groups excluding carboxylic acids is 2. The van der Waals surface area contributed by atoms with Crippen LogP contribution in [0.15, 0.2) is 35.2 Å². The van der Waals surface area contributed by atoms with E-state index in [1.54, 1.807) is 0 Å². The number of nitrogens with one attached hydrogen (secondary N) is 1. The van der Waals surface area contributed by atoms with Gasteiger partial charge in [-0.1, -0.05) is 18.2 Å². The Morgan fingerprint density at radius 3 is 2.42 bits per heavy atom. The third kappa shape index (κ3) is 5.91. The summed E-state index contributed by atoms with van der Waals surface area (Å²) in [4.78, 5) is 34.0. The minimum atomic E-state index is -1.28. The predicted molar refractivity (Wildman–Crippen MR) is 70.5 cm³/mol. The van der Waals surface area contributed by atoms with Crippen molar-refractivity contribution in [1.29, 1.82) is 0 Å². The second-order valence-corrected chi connectivity index (χ2v) is 4.78. The van der Waals surface area contributed by atoms with E-state index in [9.17, 15) is 14.4 Å². The minimum Gasteiger partial charge on any atom is -0.480 e. The maximum Gasteiger partial charge on any atom is 0.326 e. The number of benzene rings is 1. The largest absolute Gasteiger partial charge is 0.480 e. The molecule has 4 N–H and O–H groups in total. The minimum absolute atomic E-state index is 0.0759. The molecule has 0 aromatic heterocycles. The van der Waals surface area contributed by atoms with E-state index in [4.69, 9.17) is 10.8 Å². The van der Waals surface area contributed by atoms with Crippen molar-refractivity contribution in [3.05, 3.63) is 30.3 Å². The molecule has 0 bridgehead atoms. The van der Waals surface area contributed by atoms with Crippen molar-refractivity contribution in [3.63, 3.8) is 0 Å². The van der Waals surface area contributed by atoms with Crippen LogP contribution in [0.4, 0.5) is 0 Å².